The standard InChI is InChI=1S/C22H23F3N4O3/c1-31-19-9-3-2-6-16(19)14-27-20-13-18(28-21(29-20)26-10-5-11-30)15-7-4-8-17(12-15)32-22(23,24)25/h2-4,6-9,12-13,30H,5,10-11,14H2,1H3,(H2,26,27,28,29). The van der Waals surface area contributed by atoms with Gasteiger partial charge >= 0.3 is 6.36 Å². The minimum absolute atomic E-state index is 0.00241. The third-order valence-electron chi connectivity index (χ3n) is 4.36. The van der Waals surface area contributed by atoms with E-state index in [1.165, 1.54) is 18.2 Å². The maximum Gasteiger partial charge on any atom is 0.573 e. The first-order valence-electron chi connectivity index (χ1n) is 9.83. The number of nitrogens with zero attached hydrogens (tertiary/aromatic N) is 2. The summed E-state index contributed by atoms with van der Waals surface area (Å²) in [6.07, 6.45) is -4.30. The molecular formula is C22H23F3N4O3. The molecule has 1 aromatic heterocycles. The quantitative estimate of drug-likeness (QED) is 0.395. The summed E-state index contributed by atoms with van der Waals surface area (Å²) in [6, 6.07) is 14.7. The molecule has 0 fully saturated rings. The van der Waals surface area contributed by atoms with Crippen LogP contribution in [0.3, 0.4) is 0 Å². The van der Waals surface area contributed by atoms with Crippen molar-refractivity contribution in [2.24, 2.45) is 0 Å². The highest BCUT2D eigenvalue weighted by Crippen LogP contribution is 2.29. The van der Waals surface area contributed by atoms with Crippen LogP contribution in [0, 0.1) is 0 Å². The number of anilines is 2. The predicted molar refractivity (Wildman–Crippen MR) is 115 cm³/mol. The molecule has 0 radical (unpaired) electrons. The second kappa shape index (κ2) is 10.7. The minimum Gasteiger partial charge on any atom is -0.496 e. The van der Waals surface area contributed by atoms with E-state index in [2.05, 4.69) is 25.3 Å². The van der Waals surface area contributed by atoms with Crippen LogP contribution in [0.15, 0.2) is 54.6 Å². The number of aromatic nitrogens is 2. The molecule has 170 valence electrons. The highest BCUT2D eigenvalue weighted by Gasteiger charge is 2.31. The van der Waals surface area contributed by atoms with Crippen LogP contribution in [-0.4, -0.2) is 41.7 Å². The third kappa shape index (κ3) is 6.74. The lowest BCUT2D eigenvalue weighted by atomic mass is 10.1. The van der Waals surface area contributed by atoms with Crippen molar-refractivity contribution in [1.82, 2.24) is 9.97 Å². The maximum absolute atomic E-state index is 12.6. The SMILES string of the molecule is COc1ccccc1CNc1cc(-c2cccc(OC(F)(F)F)c2)nc(NCCCO)n1. The van der Waals surface area contributed by atoms with Gasteiger partial charge in [-0.1, -0.05) is 30.3 Å². The molecule has 3 rings (SSSR count). The van der Waals surface area contributed by atoms with Gasteiger partial charge in [0, 0.05) is 36.9 Å². The summed E-state index contributed by atoms with van der Waals surface area (Å²) in [6.45, 7) is 0.847. The molecule has 0 atom stereocenters. The van der Waals surface area contributed by atoms with Crippen LogP contribution in [0.25, 0.3) is 11.3 Å². The summed E-state index contributed by atoms with van der Waals surface area (Å²) in [5.41, 5.74) is 1.74. The molecule has 0 amide bonds. The topological polar surface area (TPSA) is 88.5 Å². The number of ether oxygens (including phenoxy) is 2. The number of rotatable bonds is 10. The lowest BCUT2D eigenvalue weighted by molar-refractivity contribution is -0.274. The van der Waals surface area contributed by atoms with Crippen molar-refractivity contribution in [3.05, 3.63) is 60.2 Å². The van der Waals surface area contributed by atoms with Gasteiger partial charge in [-0.25, -0.2) is 4.98 Å². The van der Waals surface area contributed by atoms with Gasteiger partial charge < -0.3 is 25.2 Å². The number of aliphatic hydroxyl groups is 1. The van der Waals surface area contributed by atoms with E-state index in [0.29, 0.717) is 42.3 Å². The van der Waals surface area contributed by atoms with Crippen molar-refractivity contribution in [2.75, 3.05) is 30.9 Å². The fourth-order valence-electron chi connectivity index (χ4n) is 2.93. The van der Waals surface area contributed by atoms with Gasteiger partial charge in [0.15, 0.2) is 0 Å². The van der Waals surface area contributed by atoms with E-state index in [0.717, 1.165) is 5.56 Å². The summed E-state index contributed by atoms with van der Waals surface area (Å²) in [5.74, 6) is 1.12. The maximum atomic E-state index is 12.6. The highest BCUT2D eigenvalue weighted by atomic mass is 19.4. The average molecular weight is 448 g/mol. The van der Waals surface area contributed by atoms with Gasteiger partial charge in [-0.15, -0.1) is 13.2 Å². The molecule has 0 spiro atoms. The molecule has 7 nitrogen and oxygen atoms in total. The van der Waals surface area contributed by atoms with E-state index in [9.17, 15) is 13.2 Å². The van der Waals surface area contributed by atoms with Crippen LogP contribution in [-0.2, 0) is 6.54 Å². The van der Waals surface area contributed by atoms with Crippen LogP contribution in [0.1, 0.15) is 12.0 Å². The Labute approximate surface area is 183 Å². The van der Waals surface area contributed by atoms with Crippen molar-refractivity contribution in [3.8, 4) is 22.8 Å². The minimum atomic E-state index is -4.79. The van der Waals surface area contributed by atoms with E-state index < -0.39 is 6.36 Å². The molecule has 0 aliphatic carbocycles. The number of nitrogens with one attached hydrogen (secondary N) is 2. The summed E-state index contributed by atoms with van der Waals surface area (Å²) in [7, 11) is 1.58. The van der Waals surface area contributed by atoms with Gasteiger partial charge in [0.25, 0.3) is 0 Å². The summed E-state index contributed by atoms with van der Waals surface area (Å²) in [4.78, 5) is 8.81. The lowest BCUT2D eigenvalue weighted by Crippen LogP contribution is -2.17. The first-order chi connectivity index (χ1) is 15.4. The monoisotopic (exact) mass is 448 g/mol. The van der Waals surface area contributed by atoms with Crippen molar-refractivity contribution in [2.45, 2.75) is 19.3 Å². The lowest BCUT2D eigenvalue weighted by Gasteiger charge is -2.14. The van der Waals surface area contributed by atoms with E-state index in [1.807, 2.05) is 24.3 Å². The highest BCUT2D eigenvalue weighted by molar-refractivity contribution is 5.66. The Bertz CT molecular complexity index is 1030. The second-order valence-electron chi connectivity index (χ2n) is 6.71. The zero-order valence-electron chi connectivity index (χ0n) is 17.3. The zero-order chi connectivity index (χ0) is 23.0. The van der Waals surface area contributed by atoms with Crippen molar-refractivity contribution in [3.63, 3.8) is 0 Å². The zero-order valence-corrected chi connectivity index (χ0v) is 17.3. The Hall–Kier alpha value is -3.53. The first kappa shape index (κ1) is 23.1. The smallest absolute Gasteiger partial charge is 0.496 e. The molecule has 32 heavy (non-hydrogen) atoms. The first-order valence-corrected chi connectivity index (χ1v) is 9.83. The van der Waals surface area contributed by atoms with Gasteiger partial charge in [-0.2, -0.15) is 4.98 Å². The van der Waals surface area contributed by atoms with E-state index in [-0.39, 0.29) is 18.3 Å². The molecule has 3 aromatic rings. The molecule has 0 aliphatic rings. The normalized spacial score (nSPS) is 11.2. The number of benzene rings is 2. The van der Waals surface area contributed by atoms with Crippen molar-refractivity contribution < 1.29 is 27.8 Å². The van der Waals surface area contributed by atoms with Crippen LogP contribution in [0.5, 0.6) is 11.5 Å². The summed E-state index contributed by atoms with van der Waals surface area (Å²) >= 11 is 0. The van der Waals surface area contributed by atoms with Crippen LogP contribution in [0.2, 0.25) is 0 Å². The Morgan fingerprint density at radius 1 is 1.00 bits per heavy atom. The molecule has 0 unspecified atom stereocenters. The number of para-hydroxylation sites is 1. The Balaban J connectivity index is 1.88. The number of hydrogen-bond acceptors (Lipinski definition) is 7. The van der Waals surface area contributed by atoms with Crippen molar-refractivity contribution in [1.29, 1.82) is 0 Å². The van der Waals surface area contributed by atoms with Gasteiger partial charge in [0.05, 0.1) is 12.8 Å². The Morgan fingerprint density at radius 3 is 2.56 bits per heavy atom. The van der Waals surface area contributed by atoms with Gasteiger partial charge in [0.1, 0.15) is 17.3 Å². The summed E-state index contributed by atoms with van der Waals surface area (Å²) < 4.78 is 47.2. The number of alkyl halides is 3. The molecular weight excluding hydrogens is 425 g/mol. The molecule has 0 aliphatic heterocycles. The summed E-state index contributed by atoms with van der Waals surface area (Å²) in [5, 5.41) is 15.2. The van der Waals surface area contributed by atoms with Gasteiger partial charge in [-0.3, -0.25) is 0 Å². The number of halogens is 3. The molecule has 1 heterocycles. The number of hydrogen-bond donors (Lipinski definition) is 3. The molecule has 10 heteroatoms. The van der Waals surface area contributed by atoms with E-state index in [4.69, 9.17) is 9.84 Å². The largest absolute Gasteiger partial charge is 0.573 e. The third-order valence-corrected chi connectivity index (χ3v) is 4.36. The fourth-order valence-corrected chi connectivity index (χ4v) is 2.93. The molecule has 0 saturated carbocycles. The number of aliphatic hydroxyl groups excluding tert-OH is 1. The Morgan fingerprint density at radius 2 is 1.81 bits per heavy atom. The van der Waals surface area contributed by atoms with Crippen LogP contribution < -0.4 is 20.1 Å². The van der Waals surface area contributed by atoms with Crippen molar-refractivity contribution >= 4 is 11.8 Å². The predicted octanol–water partition coefficient (Wildman–Crippen LogP) is 4.46. The average Bonchev–Trinajstić information content (AvgIpc) is 2.77. The van der Waals surface area contributed by atoms with E-state index >= 15 is 0 Å². The van der Waals surface area contributed by atoms with Gasteiger partial charge in [0.2, 0.25) is 5.95 Å². The molecule has 0 saturated heterocycles. The molecule has 0 bridgehead atoms. The Kier molecular flexibility index (Phi) is 7.72. The van der Waals surface area contributed by atoms with Crippen LogP contribution >= 0.6 is 0 Å². The second-order valence-corrected chi connectivity index (χ2v) is 6.71. The fraction of sp³-hybridized carbons (Fsp3) is 0.273. The van der Waals surface area contributed by atoms with Crippen LogP contribution in [0.4, 0.5) is 24.9 Å². The van der Waals surface area contributed by atoms with Gasteiger partial charge in [-0.05, 0) is 24.6 Å². The number of methoxy groups -OCH3 is 1. The molecule has 2 aromatic carbocycles. The molecule has 3 N–H and O–H groups in total. The van der Waals surface area contributed by atoms with E-state index in [1.54, 1.807) is 19.2 Å².